The molecule has 0 radical (unpaired) electrons. The molecule has 0 amide bonds. The second kappa shape index (κ2) is 3.71. The summed E-state index contributed by atoms with van der Waals surface area (Å²) in [6.07, 6.45) is 1.38. The molecule has 0 unspecified atom stereocenters. The predicted octanol–water partition coefficient (Wildman–Crippen LogP) is 0.264. The molecule has 5 nitrogen and oxygen atoms in total. The lowest BCUT2D eigenvalue weighted by Gasteiger charge is -2.02. The molecule has 2 N–H and O–H groups in total. The first-order valence-electron chi connectivity index (χ1n) is 3.66. The summed E-state index contributed by atoms with van der Waals surface area (Å²) in [5, 5.41) is 5.98. The van der Waals surface area contributed by atoms with Gasteiger partial charge in [-0.2, -0.15) is 5.10 Å². The maximum atomic E-state index is 11.4. The summed E-state index contributed by atoms with van der Waals surface area (Å²) in [6, 6.07) is 1.39. The number of nitrogens with zero attached hydrogens (tertiary/aromatic N) is 1. The van der Waals surface area contributed by atoms with Crippen LogP contribution in [0.15, 0.2) is 29.4 Å². The van der Waals surface area contributed by atoms with Crippen LogP contribution in [0.1, 0.15) is 6.92 Å². The van der Waals surface area contributed by atoms with E-state index in [2.05, 4.69) is 21.5 Å². The van der Waals surface area contributed by atoms with Gasteiger partial charge in [-0.1, -0.05) is 12.2 Å². The maximum absolute atomic E-state index is 11.4. The topological polar surface area (TPSA) is 74.8 Å². The Morgan fingerprint density at radius 3 is 2.92 bits per heavy atom. The van der Waals surface area contributed by atoms with Crippen molar-refractivity contribution in [1.82, 2.24) is 14.9 Å². The fourth-order valence-corrected chi connectivity index (χ4v) is 1.69. The molecule has 6 heteroatoms. The van der Waals surface area contributed by atoms with Crippen molar-refractivity contribution < 1.29 is 8.42 Å². The average molecular weight is 201 g/mol. The van der Waals surface area contributed by atoms with Crippen molar-refractivity contribution >= 4 is 10.0 Å². The van der Waals surface area contributed by atoms with Crippen molar-refractivity contribution in [1.29, 1.82) is 0 Å². The number of sulfonamides is 1. The Morgan fingerprint density at radius 2 is 2.46 bits per heavy atom. The standard InChI is InChI=1S/C7H11N3O2S/c1-6(2)5-9-13(11,12)7-3-4-8-10-7/h3-4,9H,1,5H2,2H3,(H,8,10). The minimum atomic E-state index is -3.44. The van der Waals surface area contributed by atoms with E-state index in [0.29, 0.717) is 0 Å². The van der Waals surface area contributed by atoms with E-state index in [0.717, 1.165) is 5.57 Å². The maximum Gasteiger partial charge on any atom is 0.257 e. The van der Waals surface area contributed by atoms with E-state index in [-0.39, 0.29) is 11.6 Å². The lowest BCUT2D eigenvalue weighted by Crippen LogP contribution is -2.25. The van der Waals surface area contributed by atoms with Gasteiger partial charge >= 0.3 is 0 Å². The molecule has 1 rings (SSSR count). The summed E-state index contributed by atoms with van der Waals surface area (Å²) in [7, 11) is -3.44. The fourth-order valence-electron chi connectivity index (χ4n) is 0.689. The minimum absolute atomic E-state index is 0.0637. The average Bonchev–Trinajstić information content (AvgIpc) is 2.53. The summed E-state index contributed by atoms with van der Waals surface area (Å²) in [6.45, 7) is 5.57. The Bertz CT molecular complexity index is 380. The quantitative estimate of drug-likeness (QED) is 0.686. The SMILES string of the molecule is C=C(C)CNS(=O)(=O)c1ccn[nH]1. The highest BCUT2D eigenvalue weighted by Gasteiger charge is 2.13. The van der Waals surface area contributed by atoms with Gasteiger partial charge in [0.1, 0.15) is 0 Å². The van der Waals surface area contributed by atoms with Crippen molar-refractivity contribution in [2.24, 2.45) is 0 Å². The molecule has 0 spiro atoms. The molecule has 0 saturated carbocycles. The van der Waals surface area contributed by atoms with Crippen molar-refractivity contribution in [2.45, 2.75) is 11.9 Å². The highest BCUT2D eigenvalue weighted by molar-refractivity contribution is 7.89. The lowest BCUT2D eigenvalue weighted by atomic mass is 10.4. The molecular weight excluding hydrogens is 190 g/mol. The van der Waals surface area contributed by atoms with Gasteiger partial charge in [-0.25, -0.2) is 13.1 Å². The summed E-state index contributed by atoms with van der Waals surface area (Å²) in [5.41, 5.74) is 0.753. The van der Waals surface area contributed by atoms with Crippen molar-refractivity contribution in [3.63, 3.8) is 0 Å². The third-order valence-electron chi connectivity index (χ3n) is 1.33. The Balaban J connectivity index is 2.74. The zero-order valence-electron chi connectivity index (χ0n) is 7.24. The molecule has 72 valence electrons. The van der Waals surface area contributed by atoms with E-state index in [9.17, 15) is 8.42 Å². The van der Waals surface area contributed by atoms with Gasteiger partial charge < -0.3 is 0 Å². The van der Waals surface area contributed by atoms with E-state index in [1.165, 1.54) is 12.3 Å². The molecule has 1 heterocycles. The van der Waals surface area contributed by atoms with Crippen molar-refractivity contribution in [3.8, 4) is 0 Å². The van der Waals surface area contributed by atoms with Gasteiger partial charge in [-0.05, 0) is 13.0 Å². The monoisotopic (exact) mass is 201 g/mol. The largest absolute Gasteiger partial charge is 0.266 e. The van der Waals surface area contributed by atoms with E-state index >= 15 is 0 Å². The molecule has 13 heavy (non-hydrogen) atoms. The summed E-state index contributed by atoms with van der Waals surface area (Å²) < 4.78 is 25.1. The third kappa shape index (κ3) is 2.67. The van der Waals surface area contributed by atoms with Crippen LogP contribution in [-0.4, -0.2) is 25.2 Å². The van der Waals surface area contributed by atoms with Gasteiger partial charge in [-0.3, -0.25) is 5.10 Å². The number of nitrogens with one attached hydrogen (secondary N) is 2. The summed E-state index contributed by atoms with van der Waals surface area (Å²) in [4.78, 5) is 0. The molecule has 0 bridgehead atoms. The van der Waals surface area contributed by atoms with E-state index in [1.54, 1.807) is 6.92 Å². The fraction of sp³-hybridized carbons (Fsp3) is 0.286. The van der Waals surface area contributed by atoms with Crippen LogP contribution in [-0.2, 0) is 10.0 Å². The molecule has 1 aromatic heterocycles. The Morgan fingerprint density at radius 1 is 1.77 bits per heavy atom. The lowest BCUT2D eigenvalue weighted by molar-refractivity contribution is 0.580. The molecule has 0 aliphatic heterocycles. The van der Waals surface area contributed by atoms with Crippen molar-refractivity contribution in [2.75, 3.05) is 6.54 Å². The first kappa shape index (κ1) is 9.94. The molecule has 0 saturated heterocycles. The zero-order chi connectivity index (χ0) is 9.90. The molecule has 0 aromatic carbocycles. The zero-order valence-corrected chi connectivity index (χ0v) is 8.06. The normalized spacial score (nSPS) is 11.5. The van der Waals surface area contributed by atoms with Crippen LogP contribution in [0.5, 0.6) is 0 Å². The predicted molar refractivity (Wildman–Crippen MR) is 48.6 cm³/mol. The van der Waals surface area contributed by atoms with E-state index in [4.69, 9.17) is 0 Å². The van der Waals surface area contributed by atoms with Crippen LogP contribution >= 0.6 is 0 Å². The van der Waals surface area contributed by atoms with Crippen LogP contribution in [0.25, 0.3) is 0 Å². The van der Waals surface area contributed by atoms with Crippen LogP contribution in [0.4, 0.5) is 0 Å². The molecular formula is C7H11N3O2S. The highest BCUT2D eigenvalue weighted by atomic mass is 32.2. The Kier molecular flexibility index (Phi) is 2.84. The molecule has 0 aliphatic rings. The van der Waals surface area contributed by atoms with Gasteiger partial charge in [0.2, 0.25) is 0 Å². The van der Waals surface area contributed by atoms with Gasteiger partial charge in [0.15, 0.2) is 5.03 Å². The van der Waals surface area contributed by atoms with Crippen LogP contribution in [0.2, 0.25) is 0 Å². The second-order valence-electron chi connectivity index (χ2n) is 2.70. The Hall–Kier alpha value is -1.14. The second-order valence-corrected chi connectivity index (χ2v) is 4.44. The molecule has 0 fully saturated rings. The van der Waals surface area contributed by atoms with Crippen molar-refractivity contribution in [3.05, 3.63) is 24.4 Å². The number of aromatic amines is 1. The van der Waals surface area contributed by atoms with Gasteiger partial charge in [0.05, 0.1) is 6.20 Å². The van der Waals surface area contributed by atoms with Gasteiger partial charge in [-0.15, -0.1) is 0 Å². The third-order valence-corrected chi connectivity index (χ3v) is 2.66. The first-order valence-corrected chi connectivity index (χ1v) is 5.14. The first-order chi connectivity index (χ1) is 6.02. The molecule has 0 atom stereocenters. The Labute approximate surface area is 76.9 Å². The molecule has 0 aliphatic carbocycles. The number of H-pyrrole nitrogens is 1. The number of rotatable bonds is 4. The van der Waals surface area contributed by atoms with Gasteiger partial charge in [0, 0.05) is 6.54 Å². The van der Waals surface area contributed by atoms with Gasteiger partial charge in [0.25, 0.3) is 10.0 Å². The van der Waals surface area contributed by atoms with Crippen LogP contribution < -0.4 is 4.72 Å². The smallest absolute Gasteiger partial charge is 0.257 e. The minimum Gasteiger partial charge on any atom is -0.266 e. The number of aromatic nitrogens is 2. The number of hydrogen-bond acceptors (Lipinski definition) is 3. The van der Waals surface area contributed by atoms with Crippen LogP contribution in [0.3, 0.4) is 0 Å². The van der Waals surface area contributed by atoms with Crippen LogP contribution in [0, 0.1) is 0 Å². The summed E-state index contributed by atoms with van der Waals surface area (Å²) >= 11 is 0. The molecule has 1 aromatic rings. The highest BCUT2D eigenvalue weighted by Crippen LogP contribution is 2.02. The van der Waals surface area contributed by atoms with E-state index < -0.39 is 10.0 Å². The number of hydrogen-bond donors (Lipinski definition) is 2. The van der Waals surface area contributed by atoms with E-state index in [1.807, 2.05) is 0 Å². The summed E-state index contributed by atoms with van der Waals surface area (Å²) in [5.74, 6) is 0.